The Morgan fingerprint density at radius 2 is 1.90 bits per heavy atom. The summed E-state index contributed by atoms with van der Waals surface area (Å²) >= 11 is 8.80. The van der Waals surface area contributed by atoms with Crippen molar-refractivity contribution in [2.45, 2.75) is 45.8 Å². The first-order valence-electron chi connectivity index (χ1n) is 9.64. The summed E-state index contributed by atoms with van der Waals surface area (Å²) in [5, 5.41) is 2.62. The van der Waals surface area contributed by atoms with Crippen molar-refractivity contribution in [1.29, 1.82) is 0 Å². The molecule has 1 N–H and O–H groups in total. The second-order valence-electron chi connectivity index (χ2n) is 7.85. The smallest absolute Gasteiger partial charge is 0.414 e. The molecule has 31 heavy (non-hydrogen) atoms. The van der Waals surface area contributed by atoms with Gasteiger partial charge in [0.2, 0.25) is 5.91 Å². The van der Waals surface area contributed by atoms with Crippen LogP contribution in [0.4, 0.5) is 25.8 Å². The zero-order chi connectivity index (χ0) is 23.3. The molecule has 1 saturated heterocycles. The highest BCUT2D eigenvalue weighted by atomic mass is 35.5. The molecule has 0 unspecified atom stereocenters. The Labute approximate surface area is 190 Å². The standard InChI is InChI=1S/C19H25N3O5.CCl2O/c1-5-21-15-7-6-13(8-12(15)9-16(21)23)22-11-14(26-18(22)25)10-20-17(24)27-19(2,3)4;2-1(3)4/h6-8,14H,5,9-11H2,1-4H3,(H,20,24);/t14-;/m0./s1. The average Bonchev–Trinajstić information content (AvgIpc) is 3.15. The molecule has 1 aromatic carbocycles. The predicted molar refractivity (Wildman–Crippen MR) is 117 cm³/mol. The van der Waals surface area contributed by atoms with E-state index >= 15 is 0 Å². The summed E-state index contributed by atoms with van der Waals surface area (Å²) < 4.78 is 9.62. The van der Waals surface area contributed by atoms with Gasteiger partial charge in [-0.15, -0.1) is 0 Å². The summed E-state index contributed by atoms with van der Waals surface area (Å²) in [6, 6.07) is 5.53. The first-order chi connectivity index (χ1) is 14.4. The van der Waals surface area contributed by atoms with Gasteiger partial charge in [-0.2, -0.15) is 0 Å². The highest BCUT2D eigenvalue weighted by Crippen LogP contribution is 2.33. The van der Waals surface area contributed by atoms with Gasteiger partial charge in [-0.1, -0.05) is 0 Å². The first-order valence-corrected chi connectivity index (χ1v) is 10.4. The van der Waals surface area contributed by atoms with Crippen LogP contribution in [-0.2, 0) is 20.7 Å². The third-order valence-electron chi connectivity index (χ3n) is 4.37. The number of amides is 3. The third kappa shape index (κ3) is 7.00. The van der Waals surface area contributed by atoms with E-state index in [1.54, 1.807) is 25.7 Å². The minimum atomic E-state index is -0.889. The zero-order valence-corrected chi connectivity index (χ0v) is 19.2. The van der Waals surface area contributed by atoms with E-state index in [0.717, 1.165) is 11.3 Å². The molecule has 3 amide bonds. The summed E-state index contributed by atoms with van der Waals surface area (Å²) in [7, 11) is 0. The van der Waals surface area contributed by atoms with Crippen LogP contribution in [0.5, 0.6) is 0 Å². The summed E-state index contributed by atoms with van der Waals surface area (Å²) in [5.74, 6) is 0.0630. The van der Waals surface area contributed by atoms with Crippen LogP contribution in [0.1, 0.15) is 33.3 Å². The molecule has 1 aromatic rings. The Bertz CT molecular complexity index is 867. The van der Waals surface area contributed by atoms with Crippen LogP contribution in [0, 0.1) is 0 Å². The lowest BCUT2D eigenvalue weighted by Crippen LogP contribution is -2.38. The van der Waals surface area contributed by atoms with Crippen LogP contribution >= 0.6 is 23.2 Å². The van der Waals surface area contributed by atoms with Gasteiger partial charge in [0.05, 0.1) is 19.5 Å². The number of nitrogens with one attached hydrogen (secondary N) is 1. The van der Waals surface area contributed by atoms with Gasteiger partial charge in [0.1, 0.15) is 11.7 Å². The van der Waals surface area contributed by atoms with Crippen molar-refractivity contribution in [1.82, 2.24) is 5.32 Å². The topological polar surface area (TPSA) is 105 Å². The fraction of sp³-hybridized carbons (Fsp3) is 0.500. The molecule has 0 aromatic heterocycles. The molecule has 2 aliphatic heterocycles. The van der Waals surface area contributed by atoms with Gasteiger partial charge >= 0.3 is 16.9 Å². The third-order valence-corrected chi connectivity index (χ3v) is 4.37. The molecule has 0 spiro atoms. The number of likely N-dealkylation sites (N-methyl/N-ethyl adjacent to an activating group) is 1. The van der Waals surface area contributed by atoms with Crippen LogP contribution in [0.3, 0.4) is 0 Å². The number of anilines is 2. The maximum absolute atomic E-state index is 12.2. The van der Waals surface area contributed by atoms with E-state index in [0.29, 0.717) is 25.2 Å². The van der Waals surface area contributed by atoms with Crippen molar-refractivity contribution in [3.8, 4) is 0 Å². The number of carbonyl (C=O) groups is 4. The van der Waals surface area contributed by atoms with E-state index in [2.05, 4.69) is 28.5 Å². The van der Waals surface area contributed by atoms with Crippen molar-refractivity contribution in [2.75, 3.05) is 29.4 Å². The first kappa shape index (κ1) is 24.7. The monoisotopic (exact) mass is 473 g/mol. The number of nitrogens with zero attached hydrogens (tertiary/aromatic N) is 2. The summed E-state index contributed by atoms with van der Waals surface area (Å²) in [5.41, 5.74) is 1.89. The number of hydrogen-bond acceptors (Lipinski definition) is 6. The minimum absolute atomic E-state index is 0.0630. The van der Waals surface area contributed by atoms with E-state index in [4.69, 9.17) is 14.3 Å². The Balaban J connectivity index is 0.000000785. The Morgan fingerprint density at radius 1 is 1.26 bits per heavy atom. The molecule has 11 heteroatoms. The molecule has 0 radical (unpaired) electrons. The highest BCUT2D eigenvalue weighted by Gasteiger charge is 2.34. The van der Waals surface area contributed by atoms with Crippen LogP contribution in [0.2, 0.25) is 0 Å². The number of rotatable bonds is 4. The predicted octanol–water partition coefficient (Wildman–Crippen LogP) is 4.03. The van der Waals surface area contributed by atoms with Crippen molar-refractivity contribution < 1.29 is 28.7 Å². The lowest BCUT2D eigenvalue weighted by Gasteiger charge is -2.20. The highest BCUT2D eigenvalue weighted by molar-refractivity contribution is 6.93. The molecule has 170 valence electrons. The summed E-state index contributed by atoms with van der Waals surface area (Å²) in [6.45, 7) is 8.38. The van der Waals surface area contributed by atoms with Gasteiger partial charge in [-0.3, -0.25) is 14.5 Å². The van der Waals surface area contributed by atoms with Gasteiger partial charge in [0.15, 0.2) is 0 Å². The lowest BCUT2D eigenvalue weighted by atomic mass is 10.1. The van der Waals surface area contributed by atoms with Gasteiger partial charge in [0.25, 0.3) is 0 Å². The van der Waals surface area contributed by atoms with Crippen LogP contribution < -0.4 is 15.1 Å². The van der Waals surface area contributed by atoms with Gasteiger partial charge in [0, 0.05) is 17.9 Å². The Hall–Kier alpha value is -2.52. The average molecular weight is 474 g/mol. The second kappa shape index (κ2) is 10.2. The van der Waals surface area contributed by atoms with E-state index in [9.17, 15) is 14.4 Å². The second-order valence-corrected chi connectivity index (χ2v) is 8.73. The normalized spacial score (nSPS) is 17.5. The Morgan fingerprint density at radius 3 is 2.48 bits per heavy atom. The molecule has 2 heterocycles. The summed E-state index contributed by atoms with van der Waals surface area (Å²) in [4.78, 5) is 48.2. The molecular formula is C20H25Cl2N3O6. The quantitative estimate of drug-likeness (QED) is 0.661. The van der Waals surface area contributed by atoms with Crippen LogP contribution in [0.15, 0.2) is 18.2 Å². The fourth-order valence-corrected chi connectivity index (χ4v) is 3.23. The summed E-state index contributed by atoms with van der Waals surface area (Å²) in [6.07, 6.45) is -1.15. The van der Waals surface area contributed by atoms with Crippen molar-refractivity contribution >= 4 is 57.4 Å². The number of carbonyl (C=O) groups excluding carboxylic acids is 4. The number of hydrogen-bond donors (Lipinski definition) is 1. The SMILES string of the molecule is CCN1C(=O)Cc2cc(N3C[C@H](CNC(=O)OC(C)(C)C)OC3=O)ccc21.O=C(Cl)Cl. The van der Waals surface area contributed by atoms with E-state index < -0.39 is 28.6 Å². The maximum atomic E-state index is 12.2. The van der Waals surface area contributed by atoms with Crippen molar-refractivity contribution in [2.24, 2.45) is 0 Å². The maximum Gasteiger partial charge on any atom is 0.414 e. The zero-order valence-electron chi connectivity index (χ0n) is 17.7. The van der Waals surface area contributed by atoms with Gasteiger partial charge in [-0.05, 0) is 74.7 Å². The number of benzene rings is 1. The number of ether oxygens (including phenoxy) is 2. The van der Waals surface area contributed by atoms with Gasteiger partial charge in [-0.25, -0.2) is 9.59 Å². The molecule has 1 atom stereocenters. The van der Waals surface area contributed by atoms with Crippen molar-refractivity contribution in [3.05, 3.63) is 23.8 Å². The molecule has 0 bridgehead atoms. The van der Waals surface area contributed by atoms with Crippen LogP contribution in [0.25, 0.3) is 0 Å². The molecule has 3 rings (SSSR count). The number of alkyl carbamates (subject to hydrolysis) is 1. The molecule has 1 fully saturated rings. The molecule has 9 nitrogen and oxygen atoms in total. The van der Waals surface area contributed by atoms with E-state index in [1.807, 2.05) is 25.1 Å². The van der Waals surface area contributed by atoms with Crippen molar-refractivity contribution in [3.63, 3.8) is 0 Å². The van der Waals surface area contributed by atoms with E-state index in [1.165, 1.54) is 4.90 Å². The fourth-order valence-electron chi connectivity index (χ4n) is 3.23. The van der Waals surface area contributed by atoms with Crippen LogP contribution in [-0.4, -0.2) is 54.1 Å². The molecule has 2 aliphatic rings. The Kier molecular flexibility index (Phi) is 8.14. The molecular weight excluding hydrogens is 449 g/mol. The number of halogens is 2. The van der Waals surface area contributed by atoms with Gasteiger partial charge < -0.3 is 19.7 Å². The number of fused-ring (bicyclic) bond motifs is 1. The number of cyclic esters (lactones) is 1. The van der Waals surface area contributed by atoms with E-state index in [-0.39, 0.29) is 12.5 Å². The molecule has 0 aliphatic carbocycles. The lowest BCUT2D eigenvalue weighted by molar-refractivity contribution is -0.117. The molecule has 0 saturated carbocycles. The minimum Gasteiger partial charge on any atom is -0.444 e. The largest absolute Gasteiger partial charge is 0.444 e.